The van der Waals surface area contributed by atoms with E-state index in [4.69, 9.17) is 0 Å². The minimum atomic E-state index is -0.00945. The summed E-state index contributed by atoms with van der Waals surface area (Å²) in [5.41, 5.74) is 0.928. The average Bonchev–Trinajstić information content (AvgIpc) is 2.92. The Hall–Kier alpha value is -1.65. The van der Waals surface area contributed by atoms with Gasteiger partial charge in [0.25, 0.3) is 5.56 Å². The van der Waals surface area contributed by atoms with Crippen LogP contribution in [0.25, 0.3) is 0 Å². The number of nitrogens with one attached hydrogen (secondary N) is 1. The molecule has 0 radical (unpaired) electrons. The minimum Gasteiger partial charge on any atom is -0.354 e. The van der Waals surface area contributed by atoms with Gasteiger partial charge in [-0.1, -0.05) is 19.3 Å². The van der Waals surface area contributed by atoms with Gasteiger partial charge < -0.3 is 5.32 Å². The van der Waals surface area contributed by atoms with Crippen LogP contribution in [0.2, 0.25) is 0 Å². The Balaban J connectivity index is 1.53. The Morgan fingerprint density at radius 3 is 2.62 bits per heavy atom. The molecule has 0 aliphatic heterocycles. The quantitative estimate of drug-likeness (QED) is 0.899. The molecule has 5 heteroatoms. The summed E-state index contributed by atoms with van der Waals surface area (Å²) < 4.78 is 1.58. The molecule has 21 heavy (non-hydrogen) atoms. The van der Waals surface area contributed by atoms with Gasteiger partial charge in [0.15, 0.2) is 0 Å². The number of nitrogens with zero attached hydrogens (tertiary/aromatic N) is 2. The Bertz CT molecular complexity index is 557. The van der Waals surface area contributed by atoms with Gasteiger partial charge in [-0.2, -0.15) is 0 Å². The molecule has 2 saturated carbocycles. The maximum atomic E-state index is 12.1. The van der Waals surface area contributed by atoms with Crippen molar-refractivity contribution < 1.29 is 4.79 Å². The molecule has 1 N–H and O–H groups in total. The van der Waals surface area contributed by atoms with Crippen LogP contribution in [0.1, 0.15) is 56.6 Å². The van der Waals surface area contributed by atoms with Crippen LogP contribution in [0.4, 0.5) is 0 Å². The molecule has 0 saturated heterocycles. The van der Waals surface area contributed by atoms with Crippen LogP contribution in [-0.4, -0.2) is 22.0 Å². The van der Waals surface area contributed by atoms with Crippen LogP contribution < -0.4 is 10.9 Å². The van der Waals surface area contributed by atoms with E-state index < -0.39 is 0 Å². The van der Waals surface area contributed by atoms with Gasteiger partial charge in [0.05, 0.1) is 12.0 Å². The molecule has 114 valence electrons. The monoisotopic (exact) mass is 289 g/mol. The molecule has 2 aliphatic rings. The zero-order valence-corrected chi connectivity index (χ0v) is 12.4. The van der Waals surface area contributed by atoms with Crippen molar-refractivity contribution in [2.75, 3.05) is 6.54 Å². The molecule has 2 aliphatic carbocycles. The lowest BCUT2D eigenvalue weighted by molar-refractivity contribution is -0.127. The first-order valence-electron chi connectivity index (χ1n) is 8.08. The van der Waals surface area contributed by atoms with Crippen LogP contribution in [0, 0.1) is 5.92 Å². The van der Waals surface area contributed by atoms with E-state index in [1.54, 1.807) is 17.0 Å². The summed E-state index contributed by atoms with van der Waals surface area (Å²) >= 11 is 0. The van der Waals surface area contributed by atoms with E-state index in [0.717, 1.165) is 37.8 Å². The maximum Gasteiger partial charge on any atom is 0.253 e. The smallest absolute Gasteiger partial charge is 0.253 e. The lowest BCUT2D eigenvalue weighted by Gasteiger charge is -2.24. The summed E-state index contributed by atoms with van der Waals surface area (Å²) in [5, 5.41) is 2.90. The molecular formula is C16H23N3O2. The molecule has 0 atom stereocenters. The lowest BCUT2D eigenvalue weighted by Crippen LogP contribution is -2.37. The summed E-state index contributed by atoms with van der Waals surface area (Å²) in [6, 6.07) is 1.67. The van der Waals surface area contributed by atoms with Crippen molar-refractivity contribution in [2.24, 2.45) is 5.92 Å². The van der Waals surface area contributed by atoms with Gasteiger partial charge in [-0.3, -0.25) is 14.2 Å². The van der Waals surface area contributed by atoms with E-state index in [9.17, 15) is 9.59 Å². The highest BCUT2D eigenvalue weighted by Crippen LogP contribution is 2.32. The third kappa shape index (κ3) is 3.34. The number of carbonyl (C=O) groups is 1. The van der Waals surface area contributed by atoms with Crippen molar-refractivity contribution in [2.45, 2.75) is 57.4 Å². The van der Waals surface area contributed by atoms with Gasteiger partial charge >= 0.3 is 0 Å². The first-order valence-corrected chi connectivity index (χ1v) is 8.08. The van der Waals surface area contributed by atoms with Crippen LogP contribution in [-0.2, 0) is 11.3 Å². The SMILES string of the molecule is O=C(NCCn1cnc(C2CCCC2)cc1=O)C1CCC1. The molecule has 1 aromatic rings. The first kappa shape index (κ1) is 14.3. The van der Waals surface area contributed by atoms with E-state index in [1.807, 2.05) is 0 Å². The fourth-order valence-corrected chi connectivity index (χ4v) is 3.17. The molecule has 1 aromatic heterocycles. The van der Waals surface area contributed by atoms with Crippen LogP contribution in [0.15, 0.2) is 17.2 Å². The highest BCUT2D eigenvalue weighted by molar-refractivity contribution is 5.79. The Morgan fingerprint density at radius 2 is 2.00 bits per heavy atom. The van der Waals surface area contributed by atoms with Gasteiger partial charge in [0.1, 0.15) is 0 Å². The van der Waals surface area contributed by atoms with E-state index in [0.29, 0.717) is 19.0 Å². The molecule has 1 amide bonds. The average molecular weight is 289 g/mol. The number of amides is 1. The molecule has 3 rings (SSSR count). The topological polar surface area (TPSA) is 64.0 Å². The van der Waals surface area contributed by atoms with E-state index in [1.165, 1.54) is 12.8 Å². The number of hydrogen-bond acceptors (Lipinski definition) is 3. The molecule has 0 spiro atoms. The third-order valence-electron chi connectivity index (χ3n) is 4.80. The Labute approximate surface area is 124 Å². The van der Waals surface area contributed by atoms with Crippen molar-refractivity contribution in [3.8, 4) is 0 Å². The number of carbonyl (C=O) groups excluding carboxylic acids is 1. The molecule has 0 bridgehead atoms. The molecular weight excluding hydrogens is 266 g/mol. The van der Waals surface area contributed by atoms with Crippen molar-refractivity contribution in [1.29, 1.82) is 0 Å². The summed E-state index contributed by atoms with van der Waals surface area (Å²) in [5.74, 6) is 0.792. The second kappa shape index (κ2) is 6.41. The Kier molecular flexibility index (Phi) is 4.36. The summed E-state index contributed by atoms with van der Waals surface area (Å²) in [7, 11) is 0. The minimum absolute atomic E-state index is 0.00945. The second-order valence-electron chi connectivity index (χ2n) is 6.25. The van der Waals surface area contributed by atoms with Crippen LogP contribution in [0.5, 0.6) is 0 Å². The summed E-state index contributed by atoms with van der Waals surface area (Å²) in [4.78, 5) is 28.2. The maximum absolute atomic E-state index is 12.1. The predicted octanol–water partition coefficient (Wildman–Crippen LogP) is 1.82. The van der Waals surface area contributed by atoms with Gasteiger partial charge in [-0.25, -0.2) is 4.98 Å². The molecule has 0 unspecified atom stereocenters. The number of rotatable bonds is 5. The molecule has 1 heterocycles. The van der Waals surface area contributed by atoms with Crippen molar-refractivity contribution in [3.63, 3.8) is 0 Å². The zero-order valence-electron chi connectivity index (χ0n) is 12.4. The van der Waals surface area contributed by atoms with Crippen molar-refractivity contribution in [3.05, 3.63) is 28.4 Å². The van der Waals surface area contributed by atoms with Crippen LogP contribution in [0.3, 0.4) is 0 Å². The van der Waals surface area contributed by atoms with Gasteiger partial charge in [0, 0.05) is 31.0 Å². The zero-order chi connectivity index (χ0) is 14.7. The largest absolute Gasteiger partial charge is 0.354 e. The fraction of sp³-hybridized carbons (Fsp3) is 0.688. The first-order chi connectivity index (χ1) is 10.2. The lowest BCUT2D eigenvalue weighted by atomic mass is 9.85. The highest BCUT2D eigenvalue weighted by atomic mass is 16.2. The van der Waals surface area contributed by atoms with E-state index in [-0.39, 0.29) is 17.4 Å². The molecule has 5 nitrogen and oxygen atoms in total. The second-order valence-corrected chi connectivity index (χ2v) is 6.25. The standard InChI is InChI=1S/C16H23N3O2/c20-15-10-14(12-4-1-2-5-12)18-11-19(15)9-8-17-16(21)13-6-3-7-13/h10-13H,1-9H2,(H,17,21). The third-order valence-corrected chi connectivity index (χ3v) is 4.80. The summed E-state index contributed by atoms with van der Waals surface area (Å²) in [6.07, 6.45) is 9.56. The van der Waals surface area contributed by atoms with Gasteiger partial charge in [-0.15, -0.1) is 0 Å². The molecule has 2 fully saturated rings. The number of aromatic nitrogens is 2. The van der Waals surface area contributed by atoms with E-state index >= 15 is 0 Å². The highest BCUT2D eigenvalue weighted by Gasteiger charge is 2.24. The summed E-state index contributed by atoms with van der Waals surface area (Å²) in [6.45, 7) is 0.995. The van der Waals surface area contributed by atoms with Crippen molar-refractivity contribution in [1.82, 2.24) is 14.9 Å². The predicted molar refractivity (Wildman–Crippen MR) is 80.1 cm³/mol. The fourth-order valence-electron chi connectivity index (χ4n) is 3.17. The number of hydrogen-bond donors (Lipinski definition) is 1. The van der Waals surface area contributed by atoms with Crippen molar-refractivity contribution >= 4 is 5.91 Å². The van der Waals surface area contributed by atoms with Gasteiger partial charge in [-0.05, 0) is 25.7 Å². The normalized spacial score (nSPS) is 19.4. The molecule has 0 aromatic carbocycles. The Morgan fingerprint density at radius 1 is 1.24 bits per heavy atom. The van der Waals surface area contributed by atoms with Gasteiger partial charge in [0.2, 0.25) is 5.91 Å². The van der Waals surface area contributed by atoms with E-state index in [2.05, 4.69) is 10.3 Å². The van der Waals surface area contributed by atoms with Crippen LogP contribution >= 0.6 is 0 Å².